The largest absolute Gasteiger partial charge is 0.392 e. The summed E-state index contributed by atoms with van der Waals surface area (Å²) in [5.41, 5.74) is 0.396. The highest BCUT2D eigenvalue weighted by molar-refractivity contribution is 7.89. The third-order valence-corrected chi connectivity index (χ3v) is 4.43. The van der Waals surface area contributed by atoms with Crippen LogP contribution >= 0.6 is 0 Å². The Morgan fingerprint density at radius 2 is 1.90 bits per heavy atom. The molecule has 6 nitrogen and oxygen atoms in total. The van der Waals surface area contributed by atoms with Crippen LogP contribution in [-0.2, 0) is 26.1 Å². The number of nitrogens with one attached hydrogen (secondary N) is 1. The lowest BCUT2D eigenvalue weighted by Gasteiger charge is -2.10. The van der Waals surface area contributed by atoms with Crippen molar-refractivity contribution in [2.24, 2.45) is 0 Å². The maximum absolute atomic E-state index is 12.1. The fourth-order valence-corrected chi connectivity index (χ4v) is 3.06. The van der Waals surface area contributed by atoms with Crippen molar-refractivity contribution in [1.29, 1.82) is 0 Å². The van der Waals surface area contributed by atoms with E-state index in [1.54, 1.807) is 25.3 Å². The smallest absolute Gasteiger partial charge is 0.240 e. The zero-order valence-corrected chi connectivity index (χ0v) is 13.1. The van der Waals surface area contributed by atoms with Crippen LogP contribution in [0.5, 0.6) is 0 Å². The van der Waals surface area contributed by atoms with E-state index in [9.17, 15) is 13.5 Å². The molecule has 0 atom stereocenters. The van der Waals surface area contributed by atoms with Crippen LogP contribution in [-0.4, -0.2) is 47.0 Å². The number of aliphatic hydroxyl groups is 1. The molecule has 0 aromatic heterocycles. The van der Waals surface area contributed by atoms with Gasteiger partial charge in [-0.15, -0.1) is 0 Å². The Labute approximate surface area is 126 Å². The van der Waals surface area contributed by atoms with Gasteiger partial charge in [-0.2, -0.15) is 0 Å². The van der Waals surface area contributed by atoms with Crippen molar-refractivity contribution in [3.8, 4) is 0 Å². The van der Waals surface area contributed by atoms with Gasteiger partial charge >= 0.3 is 0 Å². The maximum Gasteiger partial charge on any atom is 0.240 e. The highest BCUT2D eigenvalue weighted by Gasteiger charge is 2.16. The number of sulfonamides is 1. The van der Waals surface area contributed by atoms with Crippen LogP contribution in [0.15, 0.2) is 29.2 Å². The van der Waals surface area contributed by atoms with Gasteiger partial charge < -0.3 is 14.6 Å². The average molecular weight is 317 g/mol. The summed E-state index contributed by atoms with van der Waals surface area (Å²) in [6.45, 7) is 1.73. The van der Waals surface area contributed by atoms with Gasteiger partial charge in [-0.25, -0.2) is 13.1 Å². The number of aliphatic hydroxyl groups excluding tert-OH is 1. The van der Waals surface area contributed by atoms with Crippen LogP contribution < -0.4 is 4.72 Å². The van der Waals surface area contributed by atoms with Gasteiger partial charge in [0, 0.05) is 20.3 Å². The summed E-state index contributed by atoms with van der Waals surface area (Å²) >= 11 is 0. The van der Waals surface area contributed by atoms with Gasteiger partial charge in [-0.3, -0.25) is 0 Å². The van der Waals surface area contributed by atoms with Gasteiger partial charge in [-0.05, 0) is 24.5 Å². The van der Waals surface area contributed by atoms with Gasteiger partial charge in [0.2, 0.25) is 10.0 Å². The molecule has 0 amide bonds. The quantitative estimate of drug-likeness (QED) is 0.592. The fourth-order valence-electron chi connectivity index (χ4n) is 1.75. The van der Waals surface area contributed by atoms with E-state index < -0.39 is 10.0 Å². The number of methoxy groups -OCH3 is 1. The molecule has 0 saturated carbocycles. The number of hydrogen-bond donors (Lipinski definition) is 2. The molecule has 0 radical (unpaired) electrons. The Hall–Kier alpha value is -0.990. The number of hydrogen-bond acceptors (Lipinski definition) is 5. The predicted molar refractivity (Wildman–Crippen MR) is 79.5 cm³/mol. The molecule has 1 aromatic rings. The second-order valence-electron chi connectivity index (χ2n) is 4.48. The van der Waals surface area contributed by atoms with Gasteiger partial charge in [0.05, 0.1) is 24.7 Å². The molecule has 0 aliphatic heterocycles. The minimum atomic E-state index is -3.58. The molecule has 1 aromatic carbocycles. The first-order valence-electron chi connectivity index (χ1n) is 6.87. The molecule has 0 heterocycles. The minimum Gasteiger partial charge on any atom is -0.392 e. The van der Waals surface area contributed by atoms with E-state index in [1.807, 2.05) is 0 Å². The average Bonchev–Trinajstić information content (AvgIpc) is 2.50. The molecule has 21 heavy (non-hydrogen) atoms. The van der Waals surface area contributed by atoms with Crippen LogP contribution in [0.1, 0.15) is 18.4 Å². The SMILES string of the molecule is COCCOCCCCNS(=O)(=O)c1ccccc1CO. The lowest BCUT2D eigenvalue weighted by atomic mass is 10.2. The van der Waals surface area contributed by atoms with Gasteiger partial charge in [-0.1, -0.05) is 18.2 Å². The number of ether oxygens (including phenoxy) is 2. The first kappa shape index (κ1) is 18.1. The van der Waals surface area contributed by atoms with Crippen LogP contribution in [0.25, 0.3) is 0 Å². The van der Waals surface area contributed by atoms with Crippen LogP contribution in [0, 0.1) is 0 Å². The predicted octanol–water partition coefficient (Wildman–Crippen LogP) is 0.900. The zero-order chi connectivity index (χ0) is 15.6. The Kier molecular flexibility index (Phi) is 8.48. The summed E-state index contributed by atoms with van der Waals surface area (Å²) in [5.74, 6) is 0. The van der Waals surface area contributed by atoms with Crippen LogP contribution in [0.2, 0.25) is 0 Å². The second-order valence-corrected chi connectivity index (χ2v) is 6.21. The summed E-state index contributed by atoms with van der Waals surface area (Å²) in [7, 11) is -1.96. The molecule has 0 unspecified atom stereocenters. The van der Waals surface area contributed by atoms with Crippen molar-refractivity contribution in [1.82, 2.24) is 4.72 Å². The standard InChI is InChI=1S/C14H23NO5S/c1-19-10-11-20-9-5-4-8-15-21(17,18)14-7-3-2-6-13(14)12-16/h2-3,6-7,15-16H,4-5,8-12H2,1H3. The lowest BCUT2D eigenvalue weighted by molar-refractivity contribution is 0.0689. The van der Waals surface area contributed by atoms with E-state index in [1.165, 1.54) is 6.07 Å². The number of benzene rings is 1. The molecule has 1 rings (SSSR count). The molecular weight excluding hydrogens is 294 g/mol. The van der Waals surface area contributed by atoms with Crippen LogP contribution in [0.3, 0.4) is 0 Å². The fraction of sp³-hybridized carbons (Fsp3) is 0.571. The minimum absolute atomic E-state index is 0.129. The molecule has 0 aliphatic rings. The summed E-state index contributed by atoms with van der Waals surface area (Å²) in [6, 6.07) is 6.42. The molecule has 120 valence electrons. The number of unbranched alkanes of at least 4 members (excludes halogenated alkanes) is 1. The molecule has 0 fully saturated rings. The van der Waals surface area contributed by atoms with Gasteiger partial charge in [0.1, 0.15) is 0 Å². The molecule has 0 bridgehead atoms. The molecule has 0 spiro atoms. The van der Waals surface area contributed by atoms with Crippen molar-refractivity contribution >= 4 is 10.0 Å². The van der Waals surface area contributed by atoms with Crippen molar-refractivity contribution in [2.45, 2.75) is 24.3 Å². The van der Waals surface area contributed by atoms with Gasteiger partial charge in [0.15, 0.2) is 0 Å². The molecular formula is C14H23NO5S. The Morgan fingerprint density at radius 3 is 2.62 bits per heavy atom. The van der Waals surface area contributed by atoms with Crippen molar-refractivity contribution < 1.29 is 23.0 Å². The summed E-state index contributed by atoms with van der Waals surface area (Å²) < 4.78 is 36.9. The first-order chi connectivity index (χ1) is 10.1. The molecule has 0 saturated heterocycles. The number of rotatable bonds is 11. The molecule has 0 aliphatic carbocycles. The summed E-state index contributed by atoms with van der Waals surface area (Å²) in [6.07, 6.45) is 1.46. The van der Waals surface area contributed by atoms with E-state index >= 15 is 0 Å². The summed E-state index contributed by atoms with van der Waals surface area (Å²) in [5, 5.41) is 9.18. The monoisotopic (exact) mass is 317 g/mol. The van der Waals surface area contributed by atoms with Crippen LogP contribution in [0.4, 0.5) is 0 Å². The van der Waals surface area contributed by atoms with E-state index in [2.05, 4.69) is 4.72 Å². The van der Waals surface area contributed by atoms with E-state index in [0.717, 1.165) is 6.42 Å². The Balaban J connectivity index is 2.33. The molecule has 2 N–H and O–H groups in total. The van der Waals surface area contributed by atoms with E-state index in [0.29, 0.717) is 38.3 Å². The normalized spacial score (nSPS) is 11.7. The van der Waals surface area contributed by atoms with E-state index in [4.69, 9.17) is 9.47 Å². The van der Waals surface area contributed by atoms with E-state index in [-0.39, 0.29) is 11.5 Å². The van der Waals surface area contributed by atoms with Crippen molar-refractivity contribution in [3.63, 3.8) is 0 Å². The maximum atomic E-state index is 12.1. The third-order valence-electron chi connectivity index (χ3n) is 2.87. The lowest BCUT2D eigenvalue weighted by Crippen LogP contribution is -2.26. The highest BCUT2D eigenvalue weighted by atomic mass is 32.2. The summed E-state index contributed by atoms with van der Waals surface area (Å²) in [4.78, 5) is 0.129. The third kappa shape index (κ3) is 6.54. The van der Waals surface area contributed by atoms with Crippen molar-refractivity contribution in [2.75, 3.05) is 33.5 Å². The van der Waals surface area contributed by atoms with Gasteiger partial charge in [0.25, 0.3) is 0 Å². The van der Waals surface area contributed by atoms with Crippen molar-refractivity contribution in [3.05, 3.63) is 29.8 Å². The second kappa shape index (κ2) is 9.86. The topological polar surface area (TPSA) is 84.9 Å². The Morgan fingerprint density at radius 1 is 1.14 bits per heavy atom. The highest BCUT2D eigenvalue weighted by Crippen LogP contribution is 2.14. The first-order valence-corrected chi connectivity index (χ1v) is 8.35. The zero-order valence-electron chi connectivity index (χ0n) is 12.2. The molecule has 7 heteroatoms. The Bertz CT molecular complexity index is 504.